The highest BCUT2D eigenvalue weighted by atomic mass is 19.1. The number of nitrogens with one attached hydrogen (secondary N) is 2. The lowest BCUT2D eigenvalue weighted by Crippen LogP contribution is -2.37. The fraction of sp³-hybridized carbons (Fsp3) is 0.227. The first-order valence-corrected chi connectivity index (χ1v) is 9.51. The van der Waals surface area contributed by atoms with Gasteiger partial charge < -0.3 is 10.3 Å². The van der Waals surface area contributed by atoms with Crippen molar-refractivity contribution in [3.8, 4) is 0 Å². The highest BCUT2D eigenvalue weighted by Crippen LogP contribution is 2.22. The van der Waals surface area contributed by atoms with Crippen LogP contribution in [0.5, 0.6) is 0 Å². The average Bonchev–Trinajstić information content (AvgIpc) is 3.08. The van der Waals surface area contributed by atoms with Gasteiger partial charge in [0.15, 0.2) is 0 Å². The Bertz CT molecular complexity index is 1230. The molecule has 0 saturated heterocycles. The molecule has 4 rings (SSSR count). The molecule has 2 aromatic heterocycles. The summed E-state index contributed by atoms with van der Waals surface area (Å²) in [4.78, 5) is 32.4. The van der Waals surface area contributed by atoms with E-state index in [4.69, 9.17) is 0 Å². The number of aromatic nitrogens is 3. The van der Waals surface area contributed by atoms with Gasteiger partial charge in [0.05, 0.1) is 6.33 Å². The van der Waals surface area contributed by atoms with Crippen molar-refractivity contribution in [3.63, 3.8) is 0 Å². The molecule has 6 nitrogen and oxygen atoms in total. The van der Waals surface area contributed by atoms with Crippen molar-refractivity contribution in [1.29, 1.82) is 0 Å². The smallest absolute Gasteiger partial charge is 0.278 e. The lowest BCUT2D eigenvalue weighted by Gasteiger charge is -2.14. The summed E-state index contributed by atoms with van der Waals surface area (Å²) in [7, 11) is 0. The Labute approximate surface area is 166 Å². The van der Waals surface area contributed by atoms with Crippen molar-refractivity contribution >= 4 is 27.8 Å². The number of aryl methyl sites for hydroxylation is 1. The minimum Gasteiger partial charge on any atom is -0.352 e. The Kier molecular flexibility index (Phi) is 5.12. The zero-order valence-corrected chi connectivity index (χ0v) is 16.0. The topological polar surface area (TPSA) is 79.8 Å². The number of halogens is 1. The predicted octanol–water partition coefficient (Wildman–Crippen LogP) is 3.15. The number of carbonyl (C=O) groups is 1. The maximum atomic E-state index is 13.5. The third-order valence-corrected chi connectivity index (χ3v) is 4.96. The summed E-state index contributed by atoms with van der Waals surface area (Å²) in [5, 5.41) is 3.47. The highest BCUT2D eigenvalue weighted by Gasteiger charge is 2.14. The van der Waals surface area contributed by atoms with E-state index in [-0.39, 0.29) is 29.6 Å². The fourth-order valence-corrected chi connectivity index (χ4v) is 3.45. The number of carbonyl (C=O) groups excluding carboxylic acids is 1. The Hall–Kier alpha value is -3.48. The first kappa shape index (κ1) is 18.9. The molecule has 1 atom stereocenters. The standard InChI is InChI=1S/C22H21FN4O2/c1-14(7-8-15-5-3-2-4-6-15)25-19(28)12-27-13-24-20-17-11-16(23)9-10-18(17)26-21(20)22(27)29/h2-6,9-11,13-14,26H,7-8,12H2,1H3,(H,25,28). The normalized spacial score (nSPS) is 12.3. The molecule has 2 aromatic carbocycles. The second-order valence-electron chi connectivity index (χ2n) is 7.21. The van der Waals surface area contributed by atoms with Crippen molar-refractivity contribution < 1.29 is 9.18 Å². The molecule has 1 unspecified atom stereocenters. The van der Waals surface area contributed by atoms with Gasteiger partial charge in [-0.1, -0.05) is 30.3 Å². The molecule has 0 saturated carbocycles. The molecule has 0 spiro atoms. The Morgan fingerprint density at radius 2 is 2.03 bits per heavy atom. The molecule has 29 heavy (non-hydrogen) atoms. The number of hydrogen-bond donors (Lipinski definition) is 2. The van der Waals surface area contributed by atoms with Gasteiger partial charge in [0, 0.05) is 16.9 Å². The van der Waals surface area contributed by atoms with E-state index < -0.39 is 5.82 Å². The van der Waals surface area contributed by atoms with Crippen molar-refractivity contribution in [2.24, 2.45) is 0 Å². The molecule has 148 valence electrons. The van der Waals surface area contributed by atoms with E-state index in [0.29, 0.717) is 16.4 Å². The summed E-state index contributed by atoms with van der Waals surface area (Å²) >= 11 is 0. The fourth-order valence-electron chi connectivity index (χ4n) is 3.45. The van der Waals surface area contributed by atoms with Crippen LogP contribution in [0, 0.1) is 5.82 Å². The molecule has 0 radical (unpaired) electrons. The maximum absolute atomic E-state index is 13.5. The highest BCUT2D eigenvalue weighted by molar-refractivity contribution is 6.04. The molecule has 0 aliphatic carbocycles. The van der Waals surface area contributed by atoms with E-state index in [0.717, 1.165) is 12.8 Å². The summed E-state index contributed by atoms with van der Waals surface area (Å²) < 4.78 is 14.8. The van der Waals surface area contributed by atoms with E-state index in [1.54, 1.807) is 6.07 Å². The number of H-pyrrole nitrogens is 1. The van der Waals surface area contributed by atoms with Crippen LogP contribution in [-0.4, -0.2) is 26.5 Å². The summed E-state index contributed by atoms with van der Waals surface area (Å²) in [5.41, 5.74) is 2.14. The number of nitrogens with zero attached hydrogens (tertiary/aromatic N) is 2. The van der Waals surface area contributed by atoms with Gasteiger partial charge in [-0.2, -0.15) is 0 Å². The van der Waals surface area contributed by atoms with E-state index >= 15 is 0 Å². The molecule has 0 bridgehead atoms. The molecule has 1 amide bonds. The molecule has 0 aliphatic heterocycles. The number of aromatic amines is 1. The van der Waals surface area contributed by atoms with Crippen LogP contribution in [0.3, 0.4) is 0 Å². The molecule has 2 N–H and O–H groups in total. The van der Waals surface area contributed by atoms with Crippen molar-refractivity contribution in [3.05, 3.63) is 76.6 Å². The average molecular weight is 392 g/mol. The third-order valence-electron chi connectivity index (χ3n) is 4.96. The molecule has 2 heterocycles. The van der Waals surface area contributed by atoms with Gasteiger partial charge in [-0.05, 0) is 43.5 Å². The van der Waals surface area contributed by atoms with Gasteiger partial charge in [0.25, 0.3) is 5.56 Å². The molecular formula is C22H21FN4O2. The van der Waals surface area contributed by atoms with Crippen LogP contribution >= 0.6 is 0 Å². The number of fused-ring (bicyclic) bond motifs is 3. The van der Waals surface area contributed by atoms with Crippen LogP contribution in [0.15, 0.2) is 59.7 Å². The van der Waals surface area contributed by atoms with E-state index in [2.05, 4.69) is 27.4 Å². The second kappa shape index (κ2) is 7.87. The van der Waals surface area contributed by atoms with E-state index in [1.165, 1.54) is 28.6 Å². The van der Waals surface area contributed by atoms with Crippen LogP contribution in [0.25, 0.3) is 21.9 Å². The minimum absolute atomic E-state index is 0.0221. The van der Waals surface area contributed by atoms with Gasteiger partial charge in [-0.3, -0.25) is 14.2 Å². The quantitative estimate of drug-likeness (QED) is 0.529. The number of hydrogen-bond acceptors (Lipinski definition) is 3. The summed E-state index contributed by atoms with van der Waals surface area (Å²) in [5.74, 6) is -0.649. The maximum Gasteiger partial charge on any atom is 0.278 e. The third kappa shape index (κ3) is 4.03. The van der Waals surface area contributed by atoms with Gasteiger partial charge >= 0.3 is 0 Å². The van der Waals surface area contributed by atoms with Crippen LogP contribution in [-0.2, 0) is 17.8 Å². The molecule has 0 aliphatic rings. The summed E-state index contributed by atoms with van der Waals surface area (Å²) in [6.07, 6.45) is 2.99. The molecule has 7 heteroatoms. The Morgan fingerprint density at radius 3 is 2.83 bits per heavy atom. The largest absolute Gasteiger partial charge is 0.352 e. The summed E-state index contributed by atoms with van der Waals surface area (Å²) in [6.45, 7) is 1.82. The van der Waals surface area contributed by atoms with Gasteiger partial charge in [-0.25, -0.2) is 9.37 Å². The zero-order chi connectivity index (χ0) is 20.4. The number of benzene rings is 2. The van der Waals surface area contributed by atoms with Gasteiger partial charge in [-0.15, -0.1) is 0 Å². The first-order chi connectivity index (χ1) is 14.0. The zero-order valence-electron chi connectivity index (χ0n) is 16.0. The van der Waals surface area contributed by atoms with Crippen molar-refractivity contribution in [2.75, 3.05) is 0 Å². The number of amides is 1. The first-order valence-electron chi connectivity index (χ1n) is 9.51. The summed E-state index contributed by atoms with van der Waals surface area (Å²) in [6, 6.07) is 14.3. The predicted molar refractivity (Wildman–Crippen MR) is 110 cm³/mol. The second-order valence-corrected chi connectivity index (χ2v) is 7.21. The minimum atomic E-state index is -0.395. The van der Waals surface area contributed by atoms with E-state index in [1.807, 2.05) is 25.1 Å². The van der Waals surface area contributed by atoms with Crippen LogP contribution in [0.2, 0.25) is 0 Å². The van der Waals surface area contributed by atoms with Crippen molar-refractivity contribution in [2.45, 2.75) is 32.4 Å². The SMILES string of the molecule is CC(CCc1ccccc1)NC(=O)Cn1cnc2c([nH]c3ccc(F)cc32)c1=O. The van der Waals surface area contributed by atoms with Crippen LogP contribution in [0.4, 0.5) is 4.39 Å². The van der Waals surface area contributed by atoms with Crippen LogP contribution < -0.4 is 10.9 Å². The molecular weight excluding hydrogens is 371 g/mol. The lowest BCUT2D eigenvalue weighted by atomic mass is 10.1. The van der Waals surface area contributed by atoms with Gasteiger partial charge in [0.2, 0.25) is 5.91 Å². The number of rotatable bonds is 6. The molecule has 4 aromatic rings. The van der Waals surface area contributed by atoms with Gasteiger partial charge in [0.1, 0.15) is 23.4 Å². The van der Waals surface area contributed by atoms with Crippen LogP contribution in [0.1, 0.15) is 18.9 Å². The van der Waals surface area contributed by atoms with E-state index in [9.17, 15) is 14.0 Å². The monoisotopic (exact) mass is 392 g/mol. The molecule has 0 fully saturated rings. The lowest BCUT2D eigenvalue weighted by molar-refractivity contribution is -0.122. The Morgan fingerprint density at radius 1 is 1.24 bits per heavy atom. The Balaban J connectivity index is 1.46. The van der Waals surface area contributed by atoms with Crippen molar-refractivity contribution in [1.82, 2.24) is 19.9 Å².